The van der Waals surface area contributed by atoms with Gasteiger partial charge >= 0.3 is 0 Å². The van der Waals surface area contributed by atoms with E-state index in [1.165, 1.54) is 6.39 Å². The Hall–Kier alpha value is -0.940. The maximum Gasteiger partial charge on any atom is 0.213 e. The van der Waals surface area contributed by atoms with Gasteiger partial charge < -0.3 is 9.63 Å². The molecule has 0 spiro atoms. The number of rotatable bonds is 3. The fourth-order valence-electron chi connectivity index (χ4n) is 1.58. The summed E-state index contributed by atoms with van der Waals surface area (Å²) in [5.41, 5.74) is 0. The molecule has 1 aliphatic carbocycles. The van der Waals surface area contributed by atoms with Gasteiger partial charge in [-0.15, -0.1) is 0 Å². The van der Waals surface area contributed by atoms with Crippen LogP contribution in [0, 0.1) is 0 Å². The summed E-state index contributed by atoms with van der Waals surface area (Å²) in [4.78, 5) is 5.98. The minimum absolute atomic E-state index is 0.183. The van der Waals surface area contributed by atoms with E-state index in [9.17, 15) is 5.11 Å². The summed E-state index contributed by atoms with van der Waals surface area (Å²) < 4.78 is 4.62. The van der Waals surface area contributed by atoms with Gasteiger partial charge in [0, 0.05) is 6.04 Å². The fourth-order valence-corrected chi connectivity index (χ4v) is 1.58. The first-order valence-electron chi connectivity index (χ1n) is 4.41. The van der Waals surface area contributed by atoms with E-state index in [0.717, 1.165) is 12.8 Å². The van der Waals surface area contributed by atoms with E-state index in [0.29, 0.717) is 12.4 Å². The van der Waals surface area contributed by atoms with Crippen molar-refractivity contribution >= 4 is 0 Å². The summed E-state index contributed by atoms with van der Waals surface area (Å²) in [6, 6.07) is 0.262. The quantitative estimate of drug-likeness (QED) is 0.716. The lowest BCUT2D eigenvalue weighted by atomic mass is 9.88. The first kappa shape index (κ1) is 8.65. The Balaban J connectivity index is 1.88. The Labute approximate surface area is 76.4 Å². The molecule has 2 unspecified atom stereocenters. The number of aromatic nitrogens is 2. The maximum atomic E-state index is 9.40. The average molecular weight is 183 g/mol. The molecular formula is C8H13N3O2. The molecule has 1 heterocycles. The highest BCUT2D eigenvalue weighted by Crippen LogP contribution is 2.24. The molecular weight excluding hydrogens is 170 g/mol. The second-order valence-electron chi connectivity index (χ2n) is 3.47. The smallest absolute Gasteiger partial charge is 0.213 e. The van der Waals surface area contributed by atoms with Crippen LogP contribution in [0.4, 0.5) is 0 Å². The van der Waals surface area contributed by atoms with E-state index >= 15 is 0 Å². The van der Waals surface area contributed by atoms with Crippen molar-refractivity contribution in [2.24, 2.45) is 0 Å². The molecule has 72 valence electrons. The zero-order valence-electron chi connectivity index (χ0n) is 7.55. The van der Waals surface area contributed by atoms with Crippen LogP contribution in [0.15, 0.2) is 10.9 Å². The SMILES string of the molecule is CN(Cc1ncon1)C1CCC1O. The van der Waals surface area contributed by atoms with Gasteiger partial charge in [0.15, 0.2) is 5.82 Å². The molecule has 1 aliphatic rings. The van der Waals surface area contributed by atoms with Gasteiger partial charge in [-0.05, 0) is 19.9 Å². The molecule has 1 fully saturated rings. The molecule has 0 saturated heterocycles. The first-order chi connectivity index (χ1) is 6.27. The van der Waals surface area contributed by atoms with Crippen molar-refractivity contribution in [1.29, 1.82) is 0 Å². The number of aliphatic hydroxyl groups excluding tert-OH is 1. The Morgan fingerprint density at radius 3 is 3.00 bits per heavy atom. The van der Waals surface area contributed by atoms with Crippen molar-refractivity contribution in [3.05, 3.63) is 12.2 Å². The van der Waals surface area contributed by atoms with Crippen LogP contribution in [0.5, 0.6) is 0 Å². The van der Waals surface area contributed by atoms with Gasteiger partial charge in [-0.2, -0.15) is 4.98 Å². The molecule has 5 heteroatoms. The number of hydrogen-bond donors (Lipinski definition) is 1. The van der Waals surface area contributed by atoms with Gasteiger partial charge in [0.1, 0.15) is 0 Å². The average Bonchev–Trinajstić information content (AvgIpc) is 2.54. The predicted octanol–water partition coefficient (Wildman–Crippen LogP) is 0.0247. The maximum absolute atomic E-state index is 9.40. The molecule has 1 saturated carbocycles. The van der Waals surface area contributed by atoms with Gasteiger partial charge in [-0.1, -0.05) is 5.16 Å². The van der Waals surface area contributed by atoms with Crippen LogP contribution in [0.1, 0.15) is 18.7 Å². The van der Waals surface area contributed by atoms with Crippen molar-refractivity contribution in [3.63, 3.8) is 0 Å². The van der Waals surface area contributed by atoms with Crippen LogP contribution in [0.2, 0.25) is 0 Å². The Morgan fingerprint density at radius 2 is 2.54 bits per heavy atom. The van der Waals surface area contributed by atoms with E-state index < -0.39 is 0 Å². The Bertz CT molecular complexity index is 262. The topological polar surface area (TPSA) is 62.4 Å². The van der Waals surface area contributed by atoms with Crippen LogP contribution in [0.3, 0.4) is 0 Å². The van der Waals surface area contributed by atoms with Gasteiger partial charge in [0.2, 0.25) is 6.39 Å². The molecule has 0 radical (unpaired) electrons. The van der Waals surface area contributed by atoms with Gasteiger partial charge in [0.25, 0.3) is 0 Å². The molecule has 2 atom stereocenters. The van der Waals surface area contributed by atoms with E-state index in [1.54, 1.807) is 0 Å². The number of likely N-dealkylation sites (N-methyl/N-ethyl adjacent to an activating group) is 1. The lowest BCUT2D eigenvalue weighted by Gasteiger charge is -2.38. The van der Waals surface area contributed by atoms with Crippen LogP contribution in [-0.2, 0) is 6.54 Å². The highest BCUT2D eigenvalue weighted by Gasteiger charge is 2.32. The zero-order chi connectivity index (χ0) is 9.26. The third kappa shape index (κ3) is 1.71. The van der Waals surface area contributed by atoms with Crippen LogP contribution < -0.4 is 0 Å². The Kier molecular flexibility index (Phi) is 2.28. The monoisotopic (exact) mass is 183 g/mol. The minimum Gasteiger partial charge on any atom is -0.391 e. The summed E-state index contributed by atoms with van der Waals surface area (Å²) in [5, 5.41) is 13.1. The molecule has 1 aromatic rings. The number of nitrogens with zero attached hydrogens (tertiary/aromatic N) is 3. The highest BCUT2D eigenvalue weighted by molar-refractivity contribution is 4.89. The minimum atomic E-state index is -0.183. The highest BCUT2D eigenvalue weighted by atomic mass is 16.5. The summed E-state index contributed by atoms with van der Waals surface area (Å²) in [6.45, 7) is 0.637. The molecule has 2 rings (SSSR count). The summed E-state index contributed by atoms with van der Waals surface area (Å²) in [5.74, 6) is 0.668. The van der Waals surface area contributed by atoms with Gasteiger partial charge in [-0.25, -0.2) is 0 Å². The molecule has 0 amide bonds. The van der Waals surface area contributed by atoms with E-state index in [-0.39, 0.29) is 12.1 Å². The van der Waals surface area contributed by atoms with Crippen molar-refractivity contribution in [2.45, 2.75) is 31.5 Å². The molecule has 13 heavy (non-hydrogen) atoms. The van der Waals surface area contributed by atoms with Crippen molar-refractivity contribution in [2.75, 3.05) is 7.05 Å². The normalized spacial score (nSPS) is 27.6. The van der Waals surface area contributed by atoms with Crippen molar-refractivity contribution in [1.82, 2.24) is 15.0 Å². The summed E-state index contributed by atoms with van der Waals surface area (Å²) >= 11 is 0. The molecule has 1 aromatic heterocycles. The fraction of sp³-hybridized carbons (Fsp3) is 0.750. The van der Waals surface area contributed by atoms with Gasteiger partial charge in [-0.3, -0.25) is 4.90 Å². The second kappa shape index (κ2) is 3.43. The molecule has 5 nitrogen and oxygen atoms in total. The van der Waals surface area contributed by atoms with E-state index in [4.69, 9.17) is 0 Å². The van der Waals surface area contributed by atoms with Crippen molar-refractivity contribution in [3.8, 4) is 0 Å². The summed E-state index contributed by atoms with van der Waals surface area (Å²) in [6.07, 6.45) is 3.09. The standard InChI is InChI=1S/C8H13N3O2/c1-11(6-2-3-7(6)12)4-8-9-5-13-10-8/h5-7,12H,2-4H2,1H3. The molecule has 0 aromatic carbocycles. The van der Waals surface area contributed by atoms with Gasteiger partial charge in [0.05, 0.1) is 12.6 Å². The zero-order valence-corrected chi connectivity index (χ0v) is 7.55. The lowest BCUT2D eigenvalue weighted by molar-refractivity contribution is -0.0141. The third-order valence-electron chi connectivity index (χ3n) is 2.57. The molecule has 1 N–H and O–H groups in total. The Morgan fingerprint density at radius 1 is 1.69 bits per heavy atom. The predicted molar refractivity (Wildman–Crippen MR) is 44.8 cm³/mol. The van der Waals surface area contributed by atoms with Crippen LogP contribution in [-0.4, -0.2) is 39.3 Å². The van der Waals surface area contributed by atoms with Crippen LogP contribution >= 0.6 is 0 Å². The lowest BCUT2D eigenvalue weighted by Crippen LogP contribution is -2.48. The van der Waals surface area contributed by atoms with Crippen molar-refractivity contribution < 1.29 is 9.63 Å². The largest absolute Gasteiger partial charge is 0.391 e. The van der Waals surface area contributed by atoms with E-state index in [1.807, 2.05) is 7.05 Å². The molecule has 0 aliphatic heterocycles. The molecule has 0 bridgehead atoms. The third-order valence-corrected chi connectivity index (χ3v) is 2.57. The van der Waals surface area contributed by atoms with Crippen LogP contribution in [0.25, 0.3) is 0 Å². The summed E-state index contributed by atoms with van der Waals surface area (Å²) in [7, 11) is 1.96. The first-order valence-corrected chi connectivity index (χ1v) is 4.41. The number of hydrogen-bond acceptors (Lipinski definition) is 5. The van der Waals surface area contributed by atoms with E-state index in [2.05, 4.69) is 19.6 Å². The number of aliphatic hydroxyl groups is 1. The second-order valence-corrected chi connectivity index (χ2v) is 3.47.